The number of halogens is 1. The molecule has 0 aromatic heterocycles. The van der Waals surface area contributed by atoms with E-state index in [2.05, 4.69) is 35.3 Å². The number of carbonyl (C=O) groups is 2. The highest BCUT2D eigenvalue weighted by Crippen LogP contribution is 2.52. The molecule has 1 N–H and O–H groups in total. The number of carbonyl (C=O) groups excluding carboxylic acids is 2. The highest BCUT2D eigenvalue weighted by Gasteiger charge is 2.56. The number of piperidine rings is 2. The van der Waals surface area contributed by atoms with Gasteiger partial charge in [-0.3, -0.25) is 14.6 Å². The molecule has 1 aromatic rings. The lowest BCUT2D eigenvalue weighted by atomic mass is 9.59. The van der Waals surface area contributed by atoms with Gasteiger partial charge in [0.1, 0.15) is 5.88 Å². The van der Waals surface area contributed by atoms with Crippen molar-refractivity contribution in [1.29, 1.82) is 0 Å². The minimum Gasteiger partial charge on any atom is -0.349 e. The van der Waals surface area contributed by atoms with Gasteiger partial charge in [-0.05, 0) is 68.4 Å². The minimum atomic E-state index is -0.152. The lowest BCUT2D eigenvalue weighted by Gasteiger charge is -2.61. The number of rotatable bonds is 6. The quantitative estimate of drug-likeness (QED) is 0.672. The van der Waals surface area contributed by atoms with Gasteiger partial charge < -0.3 is 10.2 Å². The number of hydrogen-bond donors (Lipinski definition) is 1. The van der Waals surface area contributed by atoms with E-state index >= 15 is 0 Å². The second kappa shape index (κ2) is 7.06. The van der Waals surface area contributed by atoms with Gasteiger partial charge >= 0.3 is 0 Å². The third kappa shape index (κ3) is 3.23. The van der Waals surface area contributed by atoms with Crippen LogP contribution < -0.4 is 5.32 Å². The van der Waals surface area contributed by atoms with Crippen molar-refractivity contribution in [3.8, 4) is 0 Å². The van der Waals surface area contributed by atoms with Crippen LogP contribution in [0.2, 0.25) is 0 Å². The molecule has 6 aliphatic rings. The molecule has 31 heavy (non-hydrogen) atoms. The van der Waals surface area contributed by atoms with Gasteiger partial charge in [0.25, 0.3) is 0 Å². The largest absolute Gasteiger partial charge is 0.349 e. The summed E-state index contributed by atoms with van der Waals surface area (Å²) in [5, 5.41) is 3.22. The molecule has 3 unspecified atom stereocenters. The van der Waals surface area contributed by atoms with Crippen LogP contribution in [0, 0.1) is 11.8 Å². The molecule has 2 amide bonds. The van der Waals surface area contributed by atoms with Gasteiger partial charge in [-0.2, -0.15) is 0 Å². The summed E-state index contributed by atoms with van der Waals surface area (Å²) < 4.78 is 0. The Bertz CT molecular complexity index is 969. The van der Waals surface area contributed by atoms with Crippen molar-refractivity contribution in [3.05, 3.63) is 29.3 Å². The molecule has 3 heterocycles. The molecule has 2 saturated heterocycles. The number of alkyl halides is 1. The van der Waals surface area contributed by atoms with E-state index in [0.29, 0.717) is 18.3 Å². The molecule has 3 atom stereocenters. The standard InChI is InChI=1S/C25H30ClN3O2/c1-14(24-23-19(16-5-6-16)3-2-4-20(23)27-24)7-22(31)29-17-8-15-9-18(29)12-25(10-15,11-17)28-21(30)13-26/h2-4,14-18H,5-13H2,1H3,(H,28,30). The summed E-state index contributed by atoms with van der Waals surface area (Å²) in [6, 6.07) is 6.95. The maximum atomic E-state index is 13.5. The van der Waals surface area contributed by atoms with Crippen LogP contribution in [0.1, 0.15) is 75.3 Å². The van der Waals surface area contributed by atoms with Gasteiger partial charge in [-0.1, -0.05) is 19.1 Å². The van der Waals surface area contributed by atoms with Gasteiger partial charge in [-0.15, -0.1) is 11.6 Å². The topological polar surface area (TPSA) is 61.8 Å². The predicted octanol–water partition coefficient (Wildman–Crippen LogP) is 4.29. The van der Waals surface area contributed by atoms with Crippen LogP contribution >= 0.6 is 11.6 Å². The Kier molecular flexibility index (Phi) is 4.51. The first-order valence-electron chi connectivity index (χ1n) is 11.9. The number of amides is 2. The van der Waals surface area contributed by atoms with Crippen LogP contribution in [-0.4, -0.2) is 45.9 Å². The monoisotopic (exact) mass is 439 g/mol. The number of nitrogens with zero attached hydrogens (tertiary/aromatic N) is 2. The van der Waals surface area contributed by atoms with Crippen molar-refractivity contribution >= 4 is 34.8 Å². The molecule has 5 nitrogen and oxygen atoms in total. The molecular weight excluding hydrogens is 410 g/mol. The van der Waals surface area contributed by atoms with Crippen LogP contribution in [0.25, 0.3) is 0 Å². The molecule has 0 spiro atoms. The Hall–Kier alpha value is -1.88. The summed E-state index contributed by atoms with van der Waals surface area (Å²) in [5.41, 5.74) is 4.84. The zero-order valence-corrected chi connectivity index (χ0v) is 18.8. The summed E-state index contributed by atoms with van der Waals surface area (Å²) in [7, 11) is 0. The highest BCUT2D eigenvalue weighted by atomic mass is 35.5. The fourth-order valence-corrected chi connectivity index (χ4v) is 7.20. The summed E-state index contributed by atoms with van der Waals surface area (Å²) in [6.45, 7) is 2.16. The van der Waals surface area contributed by atoms with E-state index in [4.69, 9.17) is 16.6 Å². The summed E-state index contributed by atoms with van der Waals surface area (Å²) >= 11 is 5.76. The molecule has 3 aliphatic carbocycles. The number of hydrogen-bond acceptors (Lipinski definition) is 3. The van der Waals surface area contributed by atoms with Gasteiger partial charge in [0.2, 0.25) is 11.8 Å². The summed E-state index contributed by atoms with van der Waals surface area (Å²) in [4.78, 5) is 32.5. The van der Waals surface area contributed by atoms with Crippen LogP contribution in [-0.2, 0) is 9.59 Å². The minimum absolute atomic E-state index is 0.00827. The first-order chi connectivity index (χ1) is 15.0. The van der Waals surface area contributed by atoms with Crippen molar-refractivity contribution in [2.45, 2.75) is 81.8 Å². The van der Waals surface area contributed by atoms with Crippen LogP contribution in [0.15, 0.2) is 23.2 Å². The Balaban J connectivity index is 1.16. The van der Waals surface area contributed by atoms with E-state index in [-0.39, 0.29) is 41.2 Å². The molecule has 7 rings (SSSR count). The first-order valence-corrected chi connectivity index (χ1v) is 12.4. The lowest BCUT2D eigenvalue weighted by Crippen LogP contribution is -2.70. The predicted molar refractivity (Wildman–Crippen MR) is 121 cm³/mol. The van der Waals surface area contributed by atoms with Crippen LogP contribution in [0.4, 0.5) is 5.69 Å². The van der Waals surface area contributed by atoms with Gasteiger partial charge in [0.05, 0.1) is 11.4 Å². The van der Waals surface area contributed by atoms with Crippen molar-refractivity contribution in [2.75, 3.05) is 5.88 Å². The summed E-state index contributed by atoms with van der Waals surface area (Å²) in [6.07, 6.45) is 8.01. The third-order valence-corrected chi connectivity index (χ3v) is 8.52. The van der Waals surface area contributed by atoms with Crippen molar-refractivity contribution in [1.82, 2.24) is 10.2 Å². The number of benzene rings is 1. The number of nitrogens with one attached hydrogen (secondary N) is 1. The zero-order chi connectivity index (χ0) is 21.3. The van der Waals surface area contributed by atoms with Gasteiger partial charge in [0, 0.05) is 35.5 Å². The molecule has 164 valence electrons. The maximum Gasteiger partial charge on any atom is 0.235 e. The Labute approximate surface area is 188 Å². The first kappa shape index (κ1) is 19.8. The smallest absolute Gasteiger partial charge is 0.235 e. The van der Waals surface area contributed by atoms with Crippen LogP contribution in [0.3, 0.4) is 0 Å². The average Bonchev–Trinajstić information content (AvgIpc) is 3.52. The highest BCUT2D eigenvalue weighted by molar-refractivity contribution is 6.27. The van der Waals surface area contributed by atoms with E-state index < -0.39 is 0 Å². The van der Waals surface area contributed by atoms with E-state index in [1.807, 2.05) is 0 Å². The molecule has 0 radical (unpaired) electrons. The molecule has 3 saturated carbocycles. The Morgan fingerprint density at radius 1 is 1.23 bits per heavy atom. The summed E-state index contributed by atoms with van der Waals surface area (Å²) in [5.74, 6) is 1.63. The van der Waals surface area contributed by atoms with E-state index in [0.717, 1.165) is 43.5 Å². The normalized spacial score (nSPS) is 33.4. The second-order valence-electron chi connectivity index (χ2n) is 10.6. The molecule has 6 heteroatoms. The van der Waals surface area contributed by atoms with E-state index in [1.54, 1.807) is 0 Å². The molecule has 1 aromatic carbocycles. The van der Waals surface area contributed by atoms with Gasteiger partial charge in [-0.25, -0.2) is 0 Å². The van der Waals surface area contributed by atoms with Crippen molar-refractivity contribution < 1.29 is 9.59 Å². The maximum absolute atomic E-state index is 13.5. The second-order valence-corrected chi connectivity index (χ2v) is 10.9. The fraction of sp³-hybridized carbons (Fsp3) is 0.640. The average molecular weight is 440 g/mol. The fourth-order valence-electron chi connectivity index (χ4n) is 7.13. The van der Waals surface area contributed by atoms with Crippen molar-refractivity contribution in [3.63, 3.8) is 0 Å². The van der Waals surface area contributed by atoms with Gasteiger partial charge in [0.15, 0.2) is 0 Å². The Morgan fingerprint density at radius 3 is 2.65 bits per heavy atom. The molecule has 3 aliphatic heterocycles. The van der Waals surface area contributed by atoms with E-state index in [9.17, 15) is 9.59 Å². The zero-order valence-electron chi connectivity index (χ0n) is 18.1. The Morgan fingerprint density at radius 2 is 1.97 bits per heavy atom. The van der Waals surface area contributed by atoms with E-state index in [1.165, 1.54) is 24.0 Å². The SMILES string of the molecule is CC(CC(=O)N1C2CC3CC1CC(NC(=O)CCl)(C3)C2)C1=Nc2cccc(C3CC3)c21. The van der Waals surface area contributed by atoms with Crippen LogP contribution in [0.5, 0.6) is 0 Å². The molecule has 5 fully saturated rings. The molecular formula is C25H30ClN3O2. The number of aliphatic imine (C=N–C) groups is 1. The molecule has 4 bridgehead atoms. The van der Waals surface area contributed by atoms with Crippen molar-refractivity contribution in [2.24, 2.45) is 16.8 Å². The lowest BCUT2D eigenvalue weighted by molar-refractivity contribution is -0.154. The number of fused-ring (bicyclic) bond motifs is 1. The third-order valence-electron chi connectivity index (χ3n) is 8.28.